The molecule has 0 aliphatic heterocycles. The number of hydrogen-bond acceptors (Lipinski definition) is 4. The van der Waals surface area contributed by atoms with Crippen LogP contribution in [0.3, 0.4) is 0 Å². The summed E-state index contributed by atoms with van der Waals surface area (Å²) in [5, 5.41) is 8.06. The smallest absolute Gasteiger partial charge is 0.240 e. The zero-order valence-electron chi connectivity index (χ0n) is 8.47. The Morgan fingerprint density at radius 1 is 1.40 bits per heavy atom. The number of sulfonamides is 1. The molecular formula is C9H15N3O2S. The number of rotatable bonds is 4. The fourth-order valence-corrected chi connectivity index (χ4v) is 1.86. The Bertz CT molecular complexity index is 431. The van der Waals surface area contributed by atoms with Crippen molar-refractivity contribution in [2.45, 2.75) is 17.9 Å². The van der Waals surface area contributed by atoms with Gasteiger partial charge < -0.3 is 11.1 Å². The van der Waals surface area contributed by atoms with Crippen molar-refractivity contribution in [3.8, 4) is 0 Å². The molecule has 1 unspecified atom stereocenters. The lowest BCUT2D eigenvalue weighted by Crippen LogP contribution is -2.26. The van der Waals surface area contributed by atoms with E-state index in [4.69, 9.17) is 10.9 Å². The maximum atomic E-state index is 11.2. The summed E-state index contributed by atoms with van der Waals surface area (Å²) in [6, 6.07) is 6.47. The molecule has 0 aromatic heterocycles. The molecular weight excluding hydrogens is 214 g/mol. The normalized spacial score (nSPS) is 13.5. The zero-order chi connectivity index (χ0) is 11.5. The highest BCUT2D eigenvalue weighted by Crippen LogP contribution is 2.19. The molecule has 6 heteroatoms. The van der Waals surface area contributed by atoms with Crippen LogP contribution in [0.4, 0.5) is 5.69 Å². The molecule has 0 bridgehead atoms. The molecule has 0 aliphatic carbocycles. The third kappa shape index (κ3) is 3.19. The maximum Gasteiger partial charge on any atom is 0.240 e. The molecule has 1 aromatic carbocycles. The Morgan fingerprint density at radius 2 is 2.00 bits per heavy atom. The summed E-state index contributed by atoms with van der Waals surface area (Å²) in [7, 11) is -3.69. The quantitative estimate of drug-likeness (QED) is 0.681. The highest BCUT2D eigenvalue weighted by Gasteiger charge is 2.13. The molecule has 1 rings (SSSR count). The van der Waals surface area contributed by atoms with E-state index in [1.54, 1.807) is 18.2 Å². The average Bonchev–Trinajstić information content (AvgIpc) is 2.17. The van der Waals surface area contributed by atoms with Crippen molar-refractivity contribution in [1.82, 2.24) is 0 Å². The number of para-hydroxylation sites is 1. The van der Waals surface area contributed by atoms with Gasteiger partial charge in [-0.1, -0.05) is 12.1 Å². The van der Waals surface area contributed by atoms with E-state index in [1.165, 1.54) is 6.07 Å². The van der Waals surface area contributed by atoms with Gasteiger partial charge in [-0.25, -0.2) is 13.6 Å². The van der Waals surface area contributed by atoms with Gasteiger partial charge in [-0.2, -0.15) is 0 Å². The summed E-state index contributed by atoms with van der Waals surface area (Å²) in [6.07, 6.45) is 0. The molecule has 1 atom stereocenters. The Labute approximate surface area is 89.5 Å². The largest absolute Gasteiger partial charge is 0.380 e. The molecule has 5 N–H and O–H groups in total. The van der Waals surface area contributed by atoms with Crippen LogP contribution in [-0.4, -0.2) is 21.0 Å². The fraction of sp³-hybridized carbons (Fsp3) is 0.333. The monoisotopic (exact) mass is 229 g/mol. The Kier molecular flexibility index (Phi) is 3.67. The molecule has 0 radical (unpaired) electrons. The molecule has 0 saturated carbocycles. The standard InChI is InChI=1S/C9H15N3O2S/c1-7(6-10)12-8-4-2-3-5-9(8)15(11,13)14/h2-5,7,12H,6,10H2,1H3,(H2,11,13,14). The first-order chi connectivity index (χ1) is 6.95. The number of hydrogen-bond donors (Lipinski definition) is 3. The van der Waals surface area contributed by atoms with Gasteiger partial charge in [0, 0.05) is 12.6 Å². The van der Waals surface area contributed by atoms with E-state index >= 15 is 0 Å². The number of primary sulfonamides is 1. The van der Waals surface area contributed by atoms with Gasteiger partial charge in [-0.05, 0) is 19.1 Å². The fourth-order valence-electron chi connectivity index (χ4n) is 1.16. The lowest BCUT2D eigenvalue weighted by atomic mass is 10.2. The number of nitrogens with two attached hydrogens (primary N) is 2. The van der Waals surface area contributed by atoms with Crippen molar-refractivity contribution < 1.29 is 8.42 Å². The first kappa shape index (κ1) is 12.0. The van der Waals surface area contributed by atoms with Crippen molar-refractivity contribution >= 4 is 15.7 Å². The van der Waals surface area contributed by atoms with Crippen LogP contribution in [0.2, 0.25) is 0 Å². The van der Waals surface area contributed by atoms with Crippen LogP contribution in [0.15, 0.2) is 29.2 Å². The van der Waals surface area contributed by atoms with Gasteiger partial charge >= 0.3 is 0 Å². The first-order valence-electron chi connectivity index (χ1n) is 4.53. The molecule has 5 nitrogen and oxygen atoms in total. The summed E-state index contributed by atoms with van der Waals surface area (Å²) in [5.74, 6) is 0. The first-order valence-corrected chi connectivity index (χ1v) is 6.08. The minimum absolute atomic E-state index is 0.00657. The number of benzene rings is 1. The van der Waals surface area contributed by atoms with Crippen LogP contribution in [0, 0.1) is 0 Å². The van der Waals surface area contributed by atoms with E-state index in [2.05, 4.69) is 5.32 Å². The topological polar surface area (TPSA) is 98.2 Å². The van der Waals surface area contributed by atoms with Gasteiger partial charge in [-0.3, -0.25) is 0 Å². The molecule has 0 fully saturated rings. The Balaban J connectivity index is 3.08. The van der Waals surface area contributed by atoms with Gasteiger partial charge in [0.15, 0.2) is 0 Å². The van der Waals surface area contributed by atoms with Crippen LogP contribution in [0.25, 0.3) is 0 Å². The van der Waals surface area contributed by atoms with Gasteiger partial charge in [0.25, 0.3) is 0 Å². The van der Waals surface area contributed by atoms with E-state index in [-0.39, 0.29) is 10.9 Å². The van der Waals surface area contributed by atoms with Crippen LogP contribution in [0.1, 0.15) is 6.92 Å². The summed E-state index contributed by atoms with van der Waals surface area (Å²) >= 11 is 0. The van der Waals surface area contributed by atoms with E-state index in [1.807, 2.05) is 6.92 Å². The minimum Gasteiger partial charge on any atom is -0.380 e. The molecule has 15 heavy (non-hydrogen) atoms. The highest BCUT2D eigenvalue weighted by atomic mass is 32.2. The average molecular weight is 229 g/mol. The molecule has 0 amide bonds. The lowest BCUT2D eigenvalue weighted by Gasteiger charge is -2.15. The van der Waals surface area contributed by atoms with Crippen LogP contribution in [-0.2, 0) is 10.0 Å². The molecule has 0 aliphatic rings. The van der Waals surface area contributed by atoms with E-state index < -0.39 is 10.0 Å². The maximum absolute atomic E-state index is 11.2. The van der Waals surface area contributed by atoms with Crippen molar-refractivity contribution in [2.75, 3.05) is 11.9 Å². The van der Waals surface area contributed by atoms with Gasteiger partial charge in [-0.15, -0.1) is 0 Å². The van der Waals surface area contributed by atoms with Crippen molar-refractivity contribution in [1.29, 1.82) is 0 Å². The van der Waals surface area contributed by atoms with Crippen molar-refractivity contribution in [2.24, 2.45) is 10.9 Å². The predicted molar refractivity (Wildman–Crippen MR) is 60.0 cm³/mol. The third-order valence-corrected chi connectivity index (χ3v) is 2.92. The lowest BCUT2D eigenvalue weighted by molar-refractivity contribution is 0.598. The summed E-state index contributed by atoms with van der Waals surface area (Å²) < 4.78 is 22.5. The number of anilines is 1. The molecule has 0 saturated heterocycles. The predicted octanol–water partition coefficient (Wildman–Crippen LogP) is 0.0931. The van der Waals surface area contributed by atoms with Gasteiger partial charge in [0.05, 0.1) is 5.69 Å². The molecule has 1 aromatic rings. The van der Waals surface area contributed by atoms with E-state index in [0.717, 1.165) is 0 Å². The second-order valence-electron chi connectivity index (χ2n) is 3.32. The van der Waals surface area contributed by atoms with Crippen LogP contribution < -0.4 is 16.2 Å². The highest BCUT2D eigenvalue weighted by molar-refractivity contribution is 7.89. The zero-order valence-corrected chi connectivity index (χ0v) is 9.29. The second kappa shape index (κ2) is 4.61. The van der Waals surface area contributed by atoms with Crippen LogP contribution >= 0.6 is 0 Å². The second-order valence-corrected chi connectivity index (χ2v) is 4.85. The molecule has 84 valence electrons. The van der Waals surface area contributed by atoms with E-state index in [0.29, 0.717) is 12.2 Å². The summed E-state index contributed by atoms with van der Waals surface area (Å²) in [6.45, 7) is 2.28. The third-order valence-electron chi connectivity index (χ3n) is 1.95. The van der Waals surface area contributed by atoms with E-state index in [9.17, 15) is 8.42 Å². The molecule has 0 spiro atoms. The van der Waals surface area contributed by atoms with Crippen molar-refractivity contribution in [3.63, 3.8) is 0 Å². The summed E-state index contributed by atoms with van der Waals surface area (Å²) in [4.78, 5) is 0.0882. The Morgan fingerprint density at radius 3 is 2.53 bits per heavy atom. The SMILES string of the molecule is CC(CN)Nc1ccccc1S(N)(=O)=O. The summed E-state index contributed by atoms with van der Waals surface area (Å²) in [5.41, 5.74) is 5.92. The van der Waals surface area contributed by atoms with Crippen LogP contribution in [0.5, 0.6) is 0 Å². The van der Waals surface area contributed by atoms with Gasteiger partial charge in [0.1, 0.15) is 4.90 Å². The minimum atomic E-state index is -3.69. The number of nitrogens with one attached hydrogen (secondary N) is 1. The molecule has 0 heterocycles. The Hall–Kier alpha value is -1.11. The van der Waals surface area contributed by atoms with Crippen molar-refractivity contribution in [3.05, 3.63) is 24.3 Å². The van der Waals surface area contributed by atoms with Gasteiger partial charge in [0.2, 0.25) is 10.0 Å².